The summed E-state index contributed by atoms with van der Waals surface area (Å²) in [5, 5.41) is 8.77. The van der Waals surface area contributed by atoms with Gasteiger partial charge in [0.25, 0.3) is 0 Å². The molecule has 0 N–H and O–H groups in total. The Morgan fingerprint density at radius 3 is 2.64 bits per heavy atom. The average molecular weight is 190 g/mol. The van der Waals surface area contributed by atoms with Gasteiger partial charge in [0.1, 0.15) is 11.8 Å². The number of nitrogens with zero attached hydrogens (tertiary/aromatic N) is 2. The zero-order valence-corrected chi connectivity index (χ0v) is 9.08. The van der Waals surface area contributed by atoms with Gasteiger partial charge in [-0.2, -0.15) is 5.26 Å². The molecule has 0 radical (unpaired) electrons. The molecule has 0 aliphatic carbocycles. The molecule has 0 fully saturated rings. The van der Waals surface area contributed by atoms with Gasteiger partial charge in [-0.05, 0) is 18.9 Å². The molecule has 0 heterocycles. The normalized spacial score (nSPS) is 11.6. The van der Waals surface area contributed by atoms with Crippen LogP contribution in [-0.4, -0.2) is 6.21 Å². The van der Waals surface area contributed by atoms with E-state index in [0.717, 1.165) is 31.3 Å². The molecule has 0 spiro atoms. The van der Waals surface area contributed by atoms with Gasteiger partial charge in [-0.15, -0.1) is 0 Å². The van der Waals surface area contributed by atoms with Crippen LogP contribution in [-0.2, 0) is 0 Å². The molecule has 76 valence electrons. The molecule has 0 aromatic heterocycles. The summed E-state index contributed by atoms with van der Waals surface area (Å²) in [6, 6.07) is 2.05. The van der Waals surface area contributed by atoms with Crippen LogP contribution in [0.4, 0.5) is 0 Å². The average Bonchev–Trinajstić information content (AvgIpc) is 2.17. The number of aliphatic imine (C=N–C) groups is 1. The molecule has 0 aliphatic rings. The summed E-state index contributed by atoms with van der Waals surface area (Å²) >= 11 is 0. The van der Waals surface area contributed by atoms with Gasteiger partial charge >= 0.3 is 0 Å². The van der Waals surface area contributed by atoms with Crippen LogP contribution in [0.15, 0.2) is 28.9 Å². The molecule has 0 saturated carbocycles. The molecule has 2 nitrogen and oxygen atoms in total. The number of allylic oxidation sites excluding steroid dienone is 3. The predicted octanol–water partition coefficient (Wildman–Crippen LogP) is 3.62. The van der Waals surface area contributed by atoms with Crippen LogP contribution >= 0.6 is 0 Å². The van der Waals surface area contributed by atoms with Gasteiger partial charge in [0.15, 0.2) is 0 Å². The smallest absolute Gasteiger partial charge is 0.140 e. The Kier molecular flexibility index (Phi) is 7.45. The Morgan fingerprint density at radius 2 is 2.14 bits per heavy atom. The van der Waals surface area contributed by atoms with Gasteiger partial charge in [0.2, 0.25) is 0 Å². The monoisotopic (exact) mass is 190 g/mol. The first kappa shape index (κ1) is 12.6. The van der Waals surface area contributed by atoms with Crippen molar-refractivity contribution in [3.05, 3.63) is 23.9 Å². The van der Waals surface area contributed by atoms with Crippen LogP contribution in [0.3, 0.4) is 0 Å². The Morgan fingerprint density at radius 1 is 1.43 bits per heavy atom. The third kappa shape index (κ3) is 6.19. The lowest BCUT2D eigenvalue weighted by molar-refractivity contribution is 0.928. The molecule has 0 amide bonds. The molecule has 0 bridgehead atoms. The highest BCUT2D eigenvalue weighted by molar-refractivity contribution is 5.60. The maximum Gasteiger partial charge on any atom is 0.140 e. The van der Waals surface area contributed by atoms with Crippen molar-refractivity contribution in [3.63, 3.8) is 0 Å². The molecule has 2 heteroatoms. The van der Waals surface area contributed by atoms with E-state index in [1.54, 1.807) is 12.3 Å². The van der Waals surface area contributed by atoms with Crippen molar-refractivity contribution in [1.29, 1.82) is 5.26 Å². The van der Waals surface area contributed by atoms with Gasteiger partial charge in [0, 0.05) is 6.21 Å². The van der Waals surface area contributed by atoms with E-state index in [1.165, 1.54) is 0 Å². The van der Waals surface area contributed by atoms with Gasteiger partial charge in [-0.25, -0.2) is 4.99 Å². The SMILES string of the molecule is C=C(/C=C(/C#N)N=CCCC)CCC. The fourth-order valence-corrected chi connectivity index (χ4v) is 0.977. The second-order valence-corrected chi connectivity index (χ2v) is 3.15. The van der Waals surface area contributed by atoms with E-state index in [1.807, 2.05) is 0 Å². The van der Waals surface area contributed by atoms with Crippen LogP contribution in [0.1, 0.15) is 39.5 Å². The second kappa shape index (κ2) is 8.25. The van der Waals surface area contributed by atoms with E-state index in [-0.39, 0.29) is 0 Å². The largest absolute Gasteiger partial charge is 0.250 e. The van der Waals surface area contributed by atoms with Gasteiger partial charge in [-0.1, -0.05) is 38.8 Å². The maximum atomic E-state index is 8.77. The Bertz CT molecular complexity index is 267. The standard InChI is InChI=1S/C12H18N2/c1-4-6-8-14-12(10-13)9-11(3)7-5-2/h8-9H,3-7H2,1-2H3/b12-9-,14-8?. The highest BCUT2D eigenvalue weighted by atomic mass is 14.7. The summed E-state index contributed by atoms with van der Waals surface area (Å²) in [6.45, 7) is 8.03. The molecule has 0 saturated heterocycles. The van der Waals surface area contributed by atoms with Gasteiger partial charge in [0.05, 0.1) is 0 Å². The number of unbranched alkanes of at least 4 members (excludes halogenated alkanes) is 1. The molecular formula is C12H18N2. The summed E-state index contributed by atoms with van der Waals surface area (Å²) in [5.41, 5.74) is 1.43. The first-order valence-electron chi connectivity index (χ1n) is 5.06. The summed E-state index contributed by atoms with van der Waals surface area (Å²) in [5.74, 6) is 0. The Labute approximate surface area is 86.7 Å². The minimum atomic E-state index is 0.455. The lowest BCUT2D eigenvalue weighted by Gasteiger charge is -1.95. The first-order chi connectivity index (χ1) is 6.74. The molecule has 0 rings (SSSR count). The second-order valence-electron chi connectivity index (χ2n) is 3.15. The van der Waals surface area contributed by atoms with Crippen molar-refractivity contribution in [2.75, 3.05) is 0 Å². The number of hydrogen-bond acceptors (Lipinski definition) is 2. The van der Waals surface area contributed by atoms with Crippen molar-refractivity contribution in [2.24, 2.45) is 4.99 Å². The van der Waals surface area contributed by atoms with Crippen molar-refractivity contribution < 1.29 is 0 Å². The lowest BCUT2D eigenvalue weighted by Crippen LogP contribution is -1.81. The summed E-state index contributed by atoms with van der Waals surface area (Å²) in [7, 11) is 0. The van der Waals surface area contributed by atoms with Crippen molar-refractivity contribution in [2.45, 2.75) is 39.5 Å². The Hall–Kier alpha value is -1.36. The van der Waals surface area contributed by atoms with E-state index in [4.69, 9.17) is 5.26 Å². The van der Waals surface area contributed by atoms with Crippen molar-refractivity contribution in [3.8, 4) is 6.07 Å². The third-order valence-corrected chi connectivity index (χ3v) is 1.67. The minimum Gasteiger partial charge on any atom is -0.250 e. The molecule has 0 aliphatic heterocycles. The fourth-order valence-electron chi connectivity index (χ4n) is 0.977. The maximum absolute atomic E-state index is 8.77. The fraction of sp³-hybridized carbons (Fsp3) is 0.500. The summed E-state index contributed by atoms with van der Waals surface area (Å²) in [6.07, 6.45) is 7.49. The molecule has 0 aromatic carbocycles. The highest BCUT2D eigenvalue weighted by Crippen LogP contribution is 2.07. The van der Waals surface area contributed by atoms with Crippen LogP contribution in [0.2, 0.25) is 0 Å². The zero-order chi connectivity index (χ0) is 10.8. The Balaban J connectivity index is 4.26. The van der Waals surface area contributed by atoms with Crippen LogP contribution < -0.4 is 0 Å². The van der Waals surface area contributed by atoms with Crippen molar-refractivity contribution >= 4 is 6.21 Å². The van der Waals surface area contributed by atoms with E-state index in [0.29, 0.717) is 5.70 Å². The van der Waals surface area contributed by atoms with Crippen LogP contribution in [0, 0.1) is 11.3 Å². The topological polar surface area (TPSA) is 36.1 Å². The molecule has 0 unspecified atom stereocenters. The van der Waals surface area contributed by atoms with Crippen LogP contribution in [0.5, 0.6) is 0 Å². The number of nitriles is 1. The van der Waals surface area contributed by atoms with Crippen LogP contribution in [0.25, 0.3) is 0 Å². The number of rotatable bonds is 6. The first-order valence-corrected chi connectivity index (χ1v) is 5.06. The van der Waals surface area contributed by atoms with E-state index < -0.39 is 0 Å². The van der Waals surface area contributed by atoms with Gasteiger partial charge in [-0.3, -0.25) is 0 Å². The number of hydrogen-bond donors (Lipinski definition) is 0. The summed E-state index contributed by atoms with van der Waals surface area (Å²) < 4.78 is 0. The van der Waals surface area contributed by atoms with Gasteiger partial charge < -0.3 is 0 Å². The molecule has 0 atom stereocenters. The predicted molar refractivity (Wildman–Crippen MR) is 61.1 cm³/mol. The van der Waals surface area contributed by atoms with E-state index >= 15 is 0 Å². The lowest BCUT2D eigenvalue weighted by atomic mass is 10.1. The third-order valence-electron chi connectivity index (χ3n) is 1.67. The molecule has 14 heavy (non-hydrogen) atoms. The summed E-state index contributed by atoms with van der Waals surface area (Å²) in [4.78, 5) is 4.07. The quantitative estimate of drug-likeness (QED) is 0.358. The molecule has 0 aromatic rings. The van der Waals surface area contributed by atoms with E-state index in [2.05, 4.69) is 31.5 Å². The molecular weight excluding hydrogens is 172 g/mol. The zero-order valence-electron chi connectivity index (χ0n) is 9.08. The van der Waals surface area contributed by atoms with Crippen molar-refractivity contribution in [1.82, 2.24) is 0 Å². The highest BCUT2D eigenvalue weighted by Gasteiger charge is 1.92. The van der Waals surface area contributed by atoms with E-state index in [9.17, 15) is 0 Å². The minimum absolute atomic E-state index is 0.455.